The summed E-state index contributed by atoms with van der Waals surface area (Å²) < 4.78 is 5.70. The highest BCUT2D eigenvalue weighted by Crippen LogP contribution is 2.14. The topological polar surface area (TPSA) is 24.5 Å². The van der Waals surface area contributed by atoms with Crippen molar-refractivity contribution in [3.8, 4) is 0 Å². The van der Waals surface area contributed by atoms with Crippen LogP contribution in [-0.2, 0) is 4.74 Å². The van der Waals surface area contributed by atoms with Crippen LogP contribution in [0, 0.1) is 0 Å². The Hall–Kier alpha value is -0.120. The van der Waals surface area contributed by atoms with E-state index in [1.165, 1.54) is 12.8 Å². The van der Waals surface area contributed by atoms with Crippen LogP contribution in [0.2, 0.25) is 0 Å². The molecule has 3 heteroatoms. The lowest BCUT2D eigenvalue weighted by Crippen LogP contribution is -2.50. The van der Waals surface area contributed by atoms with E-state index < -0.39 is 0 Å². The molecule has 1 rings (SSSR count). The minimum Gasteiger partial charge on any atom is -0.376 e. The fraction of sp³-hybridized carbons (Fsp3) is 1.00. The molecular weight excluding hydrogens is 188 g/mol. The van der Waals surface area contributed by atoms with E-state index in [1.807, 2.05) is 7.05 Å². The summed E-state index contributed by atoms with van der Waals surface area (Å²) in [7, 11) is 2.04. The molecule has 3 nitrogen and oxygen atoms in total. The van der Waals surface area contributed by atoms with Gasteiger partial charge in [0.25, 0.3) is 0 Å². The number of hydrogen-bond acceptors (Lipinski definition) is 3. The Labute approximate surface area is 94.2 Å². The zero-order chi connectivity index (χ0) is 11.1. The van der Waals surface area contributed by atoms with Crippen molar-refractivity contribution in [3.05, 3.63) is 0 Å². The Morgan fingerprint density at radius 3 is 2.87 bits per heavy atom. The number of nitrogens with zero attached hydrogens (tertiary/aromatic N) is 1. The molecule has 2 unspecified atom stereocenters. The average Bonchev–Trinajstić information content (AvgIpc) is 2.29. The molecular formula is C12H26N2O. The lowest BCUT2D eigenvalue weighted by atomic mass is 10.1. The molecule has 0 aromatic rings. The third kappa shape index (κ3) is 4.09. The van der Waals surface area contributed by atoms with Crippen molar-refractivity contribution in [2.45, 2.75) is 45.3 Å². The minimum atomic E-state index is 0.454. The van der Waals surface area contributed by atoms with Gasteiger partial charge in [-0.1, -0.05) is 20.3 Å². The molecule has 1 aliphatic rings. The molecule has 0 radical (unpaired) electrons. The van der Waals surface area contributed by atoms with Crippen molar-refractivity contribution in [1.29, 1.82) is 0 Å². The largest absolute Gasteiger partial charge is 0.376 e. The number of ether oxygens (including phenoxy) is 1. The van der Waals surface area contributed by atoms with Crippen LogP contribution in [0.15, 0.2) is 0 Å². The van der Waals surface area contributed by atoms with Gasteiger partial charge in [-0.2, -0.15) is 0 Å². The molecule has 1 saturated heterocycles. The highest BCUT2D eigenvalue weighted by molar-refractivity contribution is 4.78. The molecule has 90 valence electrons. The molecule has 1 fully saturated rings. The van der Waals surface area contributed by atoms with Crippen LogP contribution in [0.5, 0.6) is 0 Å². The Morgan fingerprint density at radius 1 is 1.47 bits per heavy atom. The maximum Gasteiger partial charge on any atom is 0.0700 e. The van der Waals surface area contributed by atoms with Gasteiger partial charge in [-0.05, 0) is 19.9 Å². The smallest absolute Gasteiger partial charge is 0.0700 e. The van der Waals surface area contributed by atoms with Crippen LogP contribution in [0.1, 0.15) is 33.1 Å². The van der Waals surface area contributed by atoms with Crippen LogP contribution >= 0.6 is 0 Å². The predicted octanol–water partition coefficient (Wildman–Crippen LogP) is 1.49. The number of nitrogens with one attached hydrogen (secondary N) is 1. The Kier molecular flexibility index (Phi) is 6.22. The van der Waals surface area contributed by atoms with Gasteiger partial charge in [-0.15, -0.1) is 0 Å². The van der Waals surface area contributed by atoms with Gasteiger partial charge in [0.15, 0.2) is 0 Å². The zero-order valence-corrected chi connectivity index (χ0v) is 10.5. The van der Waals surface area contributed by atoms with Gasteiger partial charge in [0.05, 0.1) is 12.7 Å². The molecule has 1 N–H and O–H groups in total. The molecule has 0 saturated carbocycles. The lowest BCUT2D eigenvalue weighted by Gasteiger charge is -2.38. The molecule has 0 aliphatic carbocycles. The number of morpholine rings is 1. The molecule has 0 aromatic heterocycles. The second-order valence-electron chi connectivity index (χ2n) is 4.40. The Morgan fingerprint density at radius 2 is 2.27 bits per heavy atom. The summed E-state index contributed by atoms with van der Waals surface area (Å²) in [4.78, 5) is 2.59. The van der Waals surface area contributed by atoms with Gasteiger partial charge < -0.3 is 10.1 Å². The maximum atomic E-state index is 5.70. The van der Waals surface area contributed by atoms with Gasteiger partial charge in [-0.3, -0.25) is 4.90 Å². The highest BCUT2D eigenvalue weighted by Gasteiger charge is 2.24. The van der Waals surface area contributed by atoms with Crippen molar-refractivity contribution in [2.24, 2.45) is 0 Å². The van der Waals surface area contributed by atoms with Crippen LogP contribution in [-0.4, -0.2) is 50.3 Å². The quantitative estimate of drug-likeness (QED) is 0.725. The second-order valence-corrected chi connectivity index (χ2v) is 4.40. The average molecular weight is 214 g/mol. The molecule has 1 heterocycles. The normalized spacial score (nSPS) is 25.4. The third-order valence-corrected chi connectivity index (χ3v) is 3.20. The summed E-state index contributed by atoms with van der Waals surface area (Å²) in [5, 5.41) is 3.30. The van der Waals surface area contributed by atoms with E-state index in [-0.39, 0.29) is 0 Å². The summed E-state index contributed by atoms with van der Waals surface area (Å²) in [6.07, 6.45) is 4.14. The van der Waals surface area contributed by atoms with Crippen molar-refractivity contribution in [1.82, 2.24) is 10.2 Å². The lowest BCUT2D eigenvalue weighted by molar-refractivity contribution is -0.0450. The van der Waals surface area contributed by atoms with Crippen molar-refractivity contribution < 1.29 is 4.74 Å². The highest BCUT2D eigenvalue weighted by atomic mass is 16.5. The molecule has 0 amide bonds. The number of likely N-dealkylation sites (N-methyl/N-ethyl adjacent to an activating group) is 1. The van der Waals surface area contributed by atoms with Crippen molar-refractivity contribution in [3.63, 3.8) is 0 Å². The maximum absolute atomic E-state index is 5.70. The molecule has 1 aliphatic heterocycles. The standard InChI is InChI=1S/C12H26N2O/c1-4-6-11(9-13-3)14-7-8-15-12(5-2)10-14/h11-13H,4-10H2,1-3H3. The first-order chi connectivity index (χ1) is 7.31. The Balaban J connectivity index is 2.42. The fourth-order valence-corrected chi connectivity index (χ4v) is 2.30. The van der Waals surface area contributed by atoms with E-state index in [1.54, 1.807) is 0 Å². The van der Waals surface area contributed by atoms with Gasteiger partial charge in [-0.25, -0.2) is 0 Å². The summed E-state index contributed by atoms with van der Waals surface area (Å²) in [5.74, 6) is 0. The van der Waals surface area contributed by atoms with Crippen LogP contribution in [0.3, 0.4) is 0 Å². The van der Waals surface area contributed by atoms with Crippen LogP contribution in [0.4, 0.5) is 0 Å². The van der Waals surface area contributed by atoms with E-state index in [0.717, 1.165) is 32.7 Å². The Bertz CT molecular complexity index is 158. The first-order valence-corrected chi connectivity index (χ1v) is 6.32. The second kappa shape index (κ2) is 7.20. The van der Waals surface area contributed by atoms with Gasteiger partial charge in [0, 0.05) is 25.7 Å². The molecule has 15 heavy (non-hydrogen) atoms. The van der Waals surface area contributed by atoms with Crippen LogP contribution in [0.25, 0.3) is 0 Å². The SMILES string of the molecule is CCCC(CNC)N1CCOC(CC)C1. The monoisotopic (exact) mass is 214 g/mol. The van der Waals surface area contributed by atoms with E-state index >= 15 is 0 Å². The number of rotatable bonds is 6. The number of hydrogen-bond donors (Lipinski definition) is 1. The molecule has 0 spiro atoms. The van der Waals surface area contributed by atoms with Gasteiger partial charge in [0.2, 0.25) is 0 Å². The van der Waals surface area contributed by atoms with E-state index in [4.69, 9.17) is 4.74 Å². The first-order valence-electron chi connectivity index (χ1n) is 6.32. The zero-order valence-electron chi connectivity index (χ0n) is 10.5. The van der Waals surface area contributed by atoms with Crippen LogP contribution < -0.4 is 5.32 Å². The van der Waals surface area contributed by atoms with E-state index in [9.17, 15) is 0 Å². The van der Waals surface area contributed by atoms with Gasteiger partial charge in [0.1, 0.15) is 0 Å². The fourth-order valence-electron chi connectivity index (χ4n) is 2.30. The minimum absolute atomic E-state index is 0.454. The molecule has 0 bridgehead atoms. The summed E-state index contributed by atoms with van der Waals surface area (Å²) in [6.45, 7) is 8.69. The van der Waals surface area contributed by atoms with E-state index in [0.29, 0.717) is 12.1 Å². The van der Waals surface area contributed by atoms with Crippen molar-refractivity contribution >= 4 is 0 Å². The summed E-state index contributed by atoms with van der Waals surface area (Å²) >= 11 is 0. The molecule has 0 aromatic carbocycles. The predicted molar refractivity (Wildman–Crippen MR) is 64.2 cm³/mol. The van der Waals surface area contributed by atoms with Crippen molar-refractivity contribution in [2.75, 3.05) is 33.3 Å². The molecule has 2 atom stereocenters. The summed E-state index contributed by atoms with van der Waals surface area (Å²) in [6, 6.07) is 0.693. The summed E-state index contributed by atoms with van der Waals surface area (Å²) in [5.41, 5.74) is 0. The van der Waals surface area contributed by atoms with Gasteiger partial charge >= 0.3 is 0 Å². The third-order valence-electron chi connectivity index (χ3n) is 3.20. The first kappa shape index (κ1) is 12.9. The van der Waals surface area contributed by atoms with E-state index in [2.05, 4.69) is 24.1 Å².